The number of rotatable bonds is 6. The third kappa shape index (κ3) is 4.18. The van der Waals surface area contributed by atoms with Crippen LogP contribution >= 0.6 is 0 Å². The molecule has 1 rings (SSSR count). The molecule has 3 nitrogen and oxygen atoms in total. The molecular formula is C14H18F2N2O. The van der Waals surface area contributed by atoms with Crippen molar-refractivity contribution in [2.45, 2.75) is 20.4 Å². The van der Waals surface area contributed by atoms with Gasteiger partial charge >= 0.3 is 0 Å². The first-order valence-electron chi connectivity index (χ1n) is 6.11. The topological polar surface area (TPSA) is 45.0 Å². The van der Waals surface area contributed by atoms with E-state index in [0.717, 1.165) is 12.1 Å². The van der Waals surface area contributed by atoms with E-state index < -0.39 is 11.6 Å². The number of hydrogen-bond acceptors (Lipinski definition) is 3. The van der Waals surface area contributed by atoms with Gasteiger partial charge in [-0.1, -0.05) is 13.8 Å². The zero-order valence-corrected chi connectivity index (χ0v) is 11.3. The van der Waals surface area contributed by atoms with Gasteiger partial charge in [0.05, 0.1) is 19.1 Å². The third-order valence-electron chi connectivity index (χ3n) is 2.97. The van der Waals surface area contributed by atoms with E-state index in [-0.39, 0.29) is 29.7 Å². The van der Waals surface area contributed by atoms with E-state index in [4.69, 9.17) is 10.00 Å². The predicted molar refractivity (Wildman–Crippen MR) is 68.6 cm³/mol. The van der Waals surface area contributed by atoms with Crippen molar-refractivity contribution in [3.05, 3.63) is 29.3 Å². The molecule has 0 aliphatic carbocycles. The van der Waals surface area contributed by atoms with E-state index >= 15 is 0 Å². The van der Waals surface area contributed by atoms with E-state index in [9.17, 15) is 8.78 Å². The van der Waals surface area contributed by atoms with E-state index in [2.05, 4.69) is 11.4 Å². The summed E-state index contributed by atoms with van der Waals surface area (Å²) < 4.78 is 31.8. The lowest BCUT2D eigenvalue weighted by molar-refractivity contribution is 0.381. The minimum absolute atomic E-state index is 0.113. The Bertz CT molecular complexity index is 469. The fourth-order valence-corrected chi connectivity index (χ4v) is 1.65. The summed E-state index contributed by atoms with van der Waals surface area (Å²) in [6.45, 7) is 4.52. The molecule has 5 heteroatoms. The molecule has 1 unspecified atom stereocenters. The highest BCUT2D eigenvalue weighted by atomic mass is 19.1. The van der Waals surface area contributed by atoms with Gasteiger partial charge in [0.1, 0.15) is 5.82 Å². The molecule has 0 bridgehead atoms. The smallest absolute Gasteiger partial charge is 0.165 e. The maximum atomic E-state index is 13.6. The Morgan fingerprint density at radius 1 is 1.32 bits per heavy atom. The number of ether oxygens (including phenoxy) is 1. The standard InChI is InChI=1S/C14H18F2N2O/c1-9(2)11(6-17)8-18-7-10-4-13(16)14(19-3)5-12(10)15/h4-5,9,11,18H,7-8H2,1-3H3. The first-order valence-corrected chi connectivity index (χ1v) is 6.11. The summed E-state index contributed by atoms with van der Waals surface area (Å²) in [6.07, 6.45) is 0. The SMILES string of the molecule is COc1cc(F)c(CNCC(C#N)C(C)C)cc1F. The van der Waals surface area contributed by atoms with Crippen LogP contribution in [0.1, 0.15) is 19.4 Å². The molecule has 1 N–H and O–H groups in total. The van der Waals surface area contributed by atoms with Gasteiger partial charge in [0, 0.05) is 24.7 Å². The zero-order valence-electron chi connectivity index (χ0n) is 11.3. The zero-order chi connectivity index (χ0) is 14.4. The van der Waals surface area contributed by atoms with Gasteiger partial charge < -0.3 is 10.1 Å². The van der Waals surface area contributed by atoms with Crippen molar-refractivity contribution in [2.24, 2.45) is 11.8 Å². The third-order valence-corrected chi connectivity index (χ3v) is 2.97. The molecule has 104 valence electrons. The van der Waals surface area contributed by atoms with Gasteiger partial charge in [-0.15, -0.1) is 0 Å². The quantitative estimate of drug-likeness (QED) is 0.862. The minimum atomic E-state index is -0.596. The lowest BCUT2D eigenvalue weighted by Crippen LogP contribution is -2.25. The van der Waals surface area contributed by atoms with E-state index in [0.29, 0.717) is 6.54 Å². The number of nitrogens with zero attached hydrogens (tertiary/aromatic N) is 1. The molecular weight excluding hydrogens is 250 g/mol. The van der Waals surface area contributed by atoms with Gasteiger partial charge in [0.25, 0.3) is 0 Å². The highest BCUT2D eigenvalue weighted by Crippen LogP contribution is 2.21. The Balaban J connectivity index is 2.64. The van der Waals surface area contributed by atoms with Crippen LogP contribution < -0.4 is 10.1 Å². The lowest BCUT2D eigenvalue weighted by atomic mass is 9.97. The average Bonchev–Trinajstić information content (AvgIpc) is 2.37. The van der Waals surface area contributed by atoms with Crippen molar-refractivity contribution < 1.29 is 13.5 Å². The van der Waals surface area contributed by atoms with Gasteiger partial charge in [-0.05, 0) is 12.0 Å². The fraction of sp³-hybridized carbons (Fsp3) is 0.500. The lowest BCUT2D eigenvalue weighted by Gasteiger charge is -2.14. The van der Waals surface area contributed by atoms with Gasteiger partial charge in [0.15, 0.2) is 11.6 Å². The number of hydrogen-bond donors (Lipinski definition) is 1. The van der Waals surface area contributed by atoms with Crippen molar-refractivity contribution in [3.8, 4) is 11.8 Å². The van der Waals surface area contributed by atoms with Crippen LogP contribution in [-0.2, 0) is 6.54 Å². The fourth-order valence-electron chi connectivity index (χ4n) is 1.65. The number of halogens is 2. The van der Waals surface area contributed by atoms with Crippen LogP contribution in [0.4, 0.5) is 8.78 Å². The summed E-state index contributed by atoms with van der Waals surface area (Å²) in [7, 11) is 1.29. The number of benzene rings is 1. The van der Waals surface area contributed by atoms with Crippen LogP contribution in [0.5, 0.6) is 5.75 Å². The summed E-state index contributed by atoms with van der Waals surface area (Å²) in [6, 6.07) is 4.32. The van der Waals surface area contributed by atoms with Crippen molar-refractivity contribution in [2.75, 3.05) is 13.7 Å². The normalized spacial score (nSPS) is 12.3. The second kappa shape index (κ2) is 7.05. The van der Waals surface area contributed by atoms with Crippen molar-refractivity contribution in [1.29, 1.82) is 5.26 Å². The maximum absolute atomic E-state index is 13.6. The summed E-state index contributed by atoms with van der Waals surface area (Å²) in [5.74, 6) is -1.16. The number of methoxy groups -OCH3 is 1. The Labute approximate surface area is 112 Å². The second-order valence-electron chi connectivity index (χ2n) is 4.69. The number of nitrogens with one attached hydrogen (secondary N) is 1. The molecule has 0 saturated carbocycles. The molecule has 0 aromatic heterocycles. The van der Waals surface area contributed by atoms with Crippen molar-refractivity contribution in [3.63, 3.8) is 0 Å². The van der Waals surface area contributed by atoms with Crippen molar-refractivity contribution >= 4 is 0 Å². The molecule has 0 saturated heterocycles. The van der Waals surface area contributed by atoms with Crippen molar-refractivity contribution in [1.82, 2.24) is 5.32 Å². The van der Waals surface area contributed by atoms with Gasteiger partial charge in [-0.25, -0.2) is 8.78 Å². The first kappa shape index (κ1) is 15.4. The van der Waals surface area contributed by atoms with Crippen LogP contribution in [0.15, 0.2) is 12.1 Å². The molecule has 0 aliphatic rings. The van der Waals surface area contributed by atoms with E-state index in [1.54, 1.807) is 0 Å². The van der Waals surface area contributed by atoms with Crippen LogP contribution in [-0.4, -0.2) is 13.7 Å². The summed E-state index contributed by atoms with van der Waals surface area (Å²) in [4.78, 5) is 0. The molecule has 19 heavy (non-hydrogen) atoms. The molecule has 0 amide bonds. The Morgan fingerprint density at radius 3 is 2.53 bits per heavy atom. The van der Waals surface area contributed by atoms with E-state index in [1.807, 2.05) is 13.8 Å². The first-order chi connectivity index (χ1) is 8.99. The Kier molecular flexibility index (Phi) is 5.71. The molecule has 0 aliphatic heterocycles. The Morgan fingerprint density at radius 2 is 2.00 bits per heavy atom. The van der Waals surface area contributed by atoms with Crippen LogP contribution in [0.3, 0.4) is 0 Å². The summed E-state index contributed by atoms with van der Waals surface area (Å²) in [5.41, 5.74) is 0.221. The maximum Gasteiger partial charge on any atom is 0.165 e. The average molecular weight is 268 g/mol. The molecule has 1 aromatic rings. The van der Waals surface area contributed by atoms with E-state index in [1.165, 1.54) is 7.11 Å². The van der Waals surface area contributed by atoms with Gasteiger partial charge in [0.2, 0.25) is 0 Å². The van der Waals surface area contributed by atoms with Crippen LogP contribution in [0.25, 0.3) is 0 Å². The van der Waals surface area contributed by atoms with Crippen LogP contribution in [0.2, 0.25) is 0 Å². The largest absolute Gasteiger partial charge is 0.494 e. The Hall–Kier alpha value is -1.67. The second-order valence-corrected chi connectivity index (χ2v) is 4.69. The molecule has 0 radical (unpaired) electrons. The van der Waals surface area contributed by atoms with Gasteiger partial charge in [-0.3, -0.25) is 0 Å². The number of nitriles is 1. The predicted octanol–water partition coefficient (Wildman–Crippen LogP) is 2.86. The molecule has 0 heterocycles. The minimum Gasteiger partial charge on any atom is -0.494 e. The van der Waals surface area contributed by atoms with Gasteiger partial charge in [-0.2, -0.15) is 5.26 Å². The molecule has 0 fully saturated rings. The summed E-state index contributed by atoms with van der Waals surface area (Å²) in [5, 5.41) is 11.9. The molecule has 1 atom stereocenters. The molecule has 1 aromatic carbocycles. The molecule has 0 spiro atoms. The van der Waals surface area contributed by atoms with Crippen LogP contribution in [0, 0.1) is 34.8 Å². The highest BCUT2D eigenvalue weighted by molar-refractivity contribution is 5.30. The summed E-state index contributed by atoms with van der Waals surface area (Å²) >= 11 is 0. The monoisotopic (exact) mass is 268 g/mol. The highest BCUT2D eigenvalue weighted by Gasteiger charge is 2.13.